The van der Waals surface area contributed by atoms with E-state index in [2.05, 4.69) is 25.6 Å². The molecule has 0 saturated carbocycles. The standard InChI is InChI=1S/C21H24BrN3O5S/c22-17-2-4-18(5-3-17)31(27,28)23-8-7-21(26)25-11-9-24(10-12-25)14-16-1-6-19-20(13-16)30-15-29-19/h1-6,13,23H,7-12,14-15H2. The minimum Gasteiger partial charge on any atom is -0.454 e. The van der Waals surface area contributed by atoms with Crippen LogP contribution in [0.5, 0.6) is 11.5 Å². The second kappa shape index (κ2) is 9.56. The molecule has 10 heteroatoms. The van der Waals surface area contributed by atoms with Gasteiger partial charge in [0, 0.05) is 50.2 Å². The van der Waals surface area contributed by atoms with Gasteiger partial charge in [0.2, 0.25) is 22.7 Å². The largest absolute Gasteiger partial charge is 0.454 e. The minimum absolute atomic E-state index is 0.0405. The molecule has 166 valence electrons. The number of amides is 1. The second-order valence-electron chi connectivity index (χ2n) is 7.45. The van der Waals surface area contributed by atoms with Gasteiger partial charge in [-0.2, -0.15) is 0 Å². The summed E-state index contributed by atoms with van der Waals surface area (Å²) in [6.45, 7) is 3.92. The number of carbonyl (C=O) groups excluding carboxylic acids is 1. The summed E-state index contributed by atoms with van der Waals surface area (Å²) in [5.74, 6) is 1.51. The highest BCUT2D eigenvalue weighted by Gasteiger charge is 2.22. The molecule has 0 bridgehead atoms. The number of rotatable bonds is 7. The molecule has 2 heterocycles. The zero-order chi connectivity index (χ0) is 21.8. The van der Waals surface area contributed by atoms with Crippen molar-refractivity contribution in [3.63, 3.8) is 0 Å². The van der Waals surface area contributed by atoms with Crippen molar-refractivity contribution in [2.24, 2.45) is 0 Å². The van der Waals surface area contributed by atoms with Crippen molar-refractivity contribution in [3.8, 4) is 11.5 Å². The van der Waals surface area contributed by atoms with Crippen LogP contribution in [0.4, 0.5) is 0 Å². The molecule has 0 unspecified atom stereocenters. The lowest BCUT2D eigenvalue weighted by Crippen LogP contribution is -2.48. The van der Waals surface area contributed by atoms with Gasteiger partial charge in [0.25, 0.3) is 0 Å². The van der Waals surface area contributed by atoms with E-state index in [0.717, 1.165) is 41.2 Å². The Balaban J connectivity index is 1.21. The fourth-order valence-corrected chi connectivity index (χ4v) is 4.90. The number of fused-ring (bicyclic) bond motifs is 1. The maximum absolute atomic E-state index is 12.5. The van der Waals surface area contributed by atoms with E-state index in [9.17, 15) is 13.2 Å². The Kier molecular flexibility index (Phi) is 6.80. The van der Waals surface area contributed by atoms with Gasteiger partial charge in [-0.1, -0.05) is 22.0 Å². The normalized spacial score (nSPS) is 16.5. The molecule has 1 fully saturated rings. The monoisotopic (exact) mass is 509 g/mol. The highest BCUT2D eigenvalue weighted by molar-refractivity contribution is 9.10. The first-order valence-corrected chi connectivity index (χ1v) is 12.3. The lowest BCUT2D eigenvalue weighted by Gasteiger charge is -2.34. The number of piperazine rings is 1. The molecular formula is C21H24BrN3O5S. The Labute approximate surface area is 190 Å². The lowest BCUT2D eigenvalue weighted by atomic mass is 10.1. The summed E-state index contributed by atoms with van der Waals surface area (Å²) in [5, 5.41) is 0. The van der Waals surface area contributed by atoms with Gasteiger partial charge in [-0.25, -0.2) is 13.1 Å². The quantitative estimate of drug-likeness (QED) is 0.615. The molecule has 1 amide bonds. The van der Waals surface area contributed by atoms with E-state index < -0.39 is 10.0 Å². The van der Waals surface area contributed by atoms with E-state index in [1.165, 1.54) is 12.1 Å². The van der Waals surface area contributed by atoms with Crippen LogP contribution in [0.3, 0.4) is 0 Å². The van der Waals surface area contributed by atoms with Crippen molar-refractivity contribution >= 4 is 31.9 Å². The molecule has 2 aliphatic rings. The first-order chi connectivity index (χ1) is 14.9. The summed E-state index contributed by atoms with van der Waals surface area (Å²) in [7, 11) is -3.62. The van der Waals surface area contributed by atoms with Crippen molar-refractivity contribution in [1.29, 1.82) is 0 Å². The van der Waals surface area contributed by atoms with E-state index in [-0.39, 0.29) is 30.6 Å². The number of sulfonamides is 1. The lowest BCUT2D eigenvalue weighted by molar-refractivity contribution is -0.132. The highest BCUT2D eigenvalue weighted by Crippen LogP contribution is 2.32. The van der Waals surface area contributed by atoms with Gasteiger partial charge >= 0.3 is 0 Å². The summed E-state index contributed by atoms with van der Waals surface area (Å²) in [5.41, 5.74) is 1.14. The van der Waals surface area contributed by atoms with Gasteiger partial charge in [-0.15, -0.1) is 0 Å². The third-order valence-electron chi connectivity index (χ3n) is 5.32. The summed E-state index contributed by atoms with van der Waals surface area (Å²) in [6, 6.07) is 12.3. The van der Waals surface area contributed by atoms with E-state index in [4.69, 9.17) is 9.47 Å². The number of benzene rings is 2. The molecule has 1 saturated heterocycles. The minimum atomic E-state index is -3.62. The van der Waals surface area contributed by atoms with E-state index in [1.807, 2.05) is 18.2 Å². The number of halogens is 1. The van der Waals surface area contributed by atoms with E-state index in [1.54, 1.807) is 17.0 Å². The summed E-state index contributed by atoms with van der Waals surface area (Å²) < 4.78 is 38.7. The first kappa shape index (κ1) is 22.1. The SMILES string of the molecule is O=C(CCNS(=O)(=O)c1ccc(Br)cc1)N1CCN(Cc2ccc3c(c2)OCO3)CC1. The van der Waals surface area contributed by atoms with Crippen LogP contribution in [0, 0.1) is 0 Å². The second-order valence-corrected chi connectivity index (χ2v) is 10.1. The zero-order valence-electron chi connectivity index (χ0n) is 16.9. The maximum atomic E-state index is 12.5. The highest BCUT2D eigenvalue weighted by atomic mass is 79.9. The Morgan fingerprint density at radius 3 is 2.45 bits per heavy atom. The van der Waals surface area contributed by atoms with Crippen LogP contribution in [0.15, 0.2) is 51.8 Å². The van der Waals surface area contributed by atoms with Crippen molar-refractivity contribution in [2.45, 2.75) is 17.9 Å². The van der Waals surface area contributed by atoms with Gasteiger partial charge in [0.15, 0.2) is 11.5 Å². The van der Waals surface area contributed by atoms with Crippen LogP contribution in [0.25, 0.3) is 0 Å². The molecule has 0 spiro atoms. The number of ether oxygens (including phenoxy) is 2. The molecule has 0 aromatic heterocycles. The molecule has 0 aliphatic carbocycles. The van der Waals surface area contributed by atoms with Crippen molar-refractivity contribution in [3.05, 3.63) is 52.5 Å². The molecule has 8 nitrogen and oxygen atoms in total. The molecule has 4 rings (SSSR count). The summed E-state index contributed by atoms with van der Waals surface area (Å²) >= 11 is 3.28. The van der Waals surface area contributed by atoms with Gasteiger partial charge in [-0.3, -0.25) is 9.69 Å². The molecular weight excluding hydrogens is 486 g/mol. The smallest absolute Gasteiger partial charge is 0.240 e. The van der Waals surface area contributed by atoms with Crippen molar-refractivity contribution < 1.29 is 22.7 Å². The maximum Gasteiger partial charge on any atom is 0.240 e. The molecule has 0 radical (unpaired) electrons. The number of carbonyl (C=O) groups is 1. The molecule has 0 atom stereocenters. The summed E-state index contributed by atoms with van der Waals surface area (Å²) in [4.78, 5) is 16.8. The van der Waals surface area contributed by atoms with E-state index >= 15 is 0 Å². The Morgan fingerprint density at radius 1 is 1.00 bits per heavy atom. The van der Waals surface area contributed by atoms with Crippen LogP contribution in [0.2, 0.25) is 0 Å². The van der Waals surface area contributed by atoms with Crippen LogP contribution in [-0.2, 0) is 21.4 Å². The number of nitrogens with zero attached hydrogens (tertiary/aromatic N) is 2. The van der Waals surface area contributed by atoms with Crippen LogP contribution in [0.1, 0.15) is 12.0 Å². The predicted octanol–water partition coefficient (Wildman–Crippen LogP) is 2.19. The Hall–Kier alpha value is -2.14. The fourth-order valence-electron chi connectivity index (χ4n) is 3.60. The van der Waals surface area contributed by atoms with Crippen molar-refractivity contribution in [2.75, 3.05) is 39.5 Å². The van der Waals surface area contributed by atoms with Gasteiger partial charge in [-0.05, 0) is 42.0 Å². The average molecular weight is 510 g/mol. The number of hydrogen-bond donors (Lipinski definition) is 1. The molecule has 1 N–H and O–H groups in total. The van der Waals surface area contributed by atoms with Gasteiger partial charge < -0.3 is 14.4 Å². The van der Waals surface area contributed by atoms with Crippen molar-refractivity contribution in [1.82, 2.24) is 14.5 Å². The third kappa shape index (κ3) is 5.57. The van der Waals surface area contributed by atoms with Gasteiger partial charge in [0.1, 0.15) is 0 Å². The number of hydrogen-bond acceptors (Lipinski definition) is 6. The average Bonchev–Trinajstić information content (AvgIpc) is 3.22. The summed E-state index contributed by atoms with van der Waals surface area (Å²) in [6.07, 6.45) is 0.137. The Bertz CT molecular complexity index is 1040. The molecule has 2 aromatic rings. The predicted molar refractivity (Wildman–Crippen MR) is 118 cm³/mol. The van der Waals surface area contributed by atoms with Crippen LogP contribution >= 0.6 is 15.9 Å². The van der Waals surface area contributed by atoms with Crippen LogP contribution < -0.4 is 14.2 Å². The van der Waals surface area contributed by atoms with E-state index in [0.29, 0.717) is 13.1 Å². The third-order valence-corrected chi connectivity index (χ3v) is 7.33. The topological polar surface area (TPSA) is 88.2 Å². The molecule has 2 aliphatic heterocycles. The Morgan fingerprint density at radius 2 is 1.71 bits per heavy atom. The van der Waals surface area contributed by atoms with Crippen LogP contribution in [-0.4, -0.2) is 63.6 Å². The fraction of sp³-hybridized carbons (Fsp3) is 0.381. The molecule has 2 aromatic carbocycles. The number of nitrogens with one attached hydrogen (secondary N) is 1. The van der Waals surface area contributed by atoms with Gasteiger partial charge in [0.05, 0.1) is 4.90 Å². The zero-order valence-corrected chi connectivity index (χ0v) is 19.3. The first-order valence-electron chi connectivity index (χ1n) is 10.0. The molecule has 31 heavy (non-hydrogen) atoms.